The maximum absolute atomic E-state index is 12.2. The van der Waals surface area contributed by atoms with E-state index in [1.54, 1.807) is 24.3 Å². The highest BCUT2D eigenvalue weighted by Gasteiger charge is 2.19. The van der Waals surface area contributed by atoms with Gasteiger partial charge in [0, 0.05) is 11.3 Å². The van der Waals surface area contributed by atoms with E-state index in [2.05, 4.69) is 14.7 Å². The molecule has 0 atom stereocenters. The number of nitrogens with one attached hydrogen (secondary N) is 2. The molecular formula is C20H18N4O4S2. The number of H-pyrrole nitrogens is 1. The fourth-order valence-corrected chi connectivity index (χ4v) is 4.43. The smallest absolute Gasteiger partial charge is 0.240 e. The van der Waals surface area contributed by atoms with E-state index in [1.165, 1.54) is 6.07 Å². The van der Waals surface area contributed by atoms with E-state index in [1.807, 2.05) is 36.4 Å². The highest BCUT2D eigenvalue weighted by Crippen LogP contribution is 2.31. The number of nitrogens with two attached hydrogens (primary N) is 1. The minimum absolute atomic E-state index is 0.0725. The van der Waals surface area contributed by atoms with Gasteiger partial charge >= 0.3 is 0 Å². The van der Waals surface area contributed by atoms with Crippen molar-refractivity contribution in [3.8, 4) is 22.5 Å². The highest BCUT2D eigenvalue weighted by molar-refractivity contribution is 7.92. The van der Waals surface area contributed by atoms with Crippen LogP contribution in [-0.2, 0) is 20.0 Å². The number of anilines is 1. The number of aromatic nitrogens is 2. The summed E-state index contributed by atoms with van der Waals surface area (Å²) in [6.07, 6.45) is 1.07. The molecule has 1 heterocycles. The number of aromatic amines is 1. The first-order valence-electron chi connectivity index (χ1n) is 8.80. The lowest BCUT2D eigenvalue weighted by atomic mass is 10.1. The molecule has 4 N–H and O–H groups in total. The van der Waals surface area contributed by atoms with E-state index in [0.717, 1.165) is 11.8 Å². The first-order chi connectivity index (χ1) is 14.1. The molecule has 3 aromatic carbocycles. The molecule has 0 saturated heterocycles. The molecular weight excluding hydrogens is 424 g/mol. The number of fused-ring (bicyclic) bond motifs is 1. The molecule has 0 aliphatic heterocycles. The molecule has 0 unspecified atom stereocenters. The van der Waals surface area contributed by atoms with Gasteiger partial charge in [0.1, 0.15) is 16.2 Å². The van der Waals surface area contributed by atoms with Crippen LogP contribution in [0, 0.1) is 0 Å². The lowest BCUT2D eigenvalue weighted by Crippen LogP contribution is -2.12. The first-order valence-corrected chi connectivity index (χ1v) is 12.2. The fraction of sp³-hybridized carbons (Fsp3) is 0.0500. The summed E-state index contributed by atoms with van der Waals surface area (Å²) in [6.45, 7) is 0. The zero-order valence-electron chi connectivity index (χ0n) is 15.8. The molecule has 0 spiro atoms. The standard InChI is InChI=1S/C20H18N4O4S2/c1-29(25,26)24-16-9-7-14(8-10-16)20-22-17-11-15(13-5-3-2-4-6-13)12-18(19(17)23-20)30(21,27)28/h2-12,24H,1H3,(H,22,23)(H2,21,27,28). The zero-order chi connectivity index (χ0) is 21.5. The maximum Gasteiger partial charge on any atom is 0.240 e. The molecule has 0 saturated carbocycles. The van der Waals surface area contributed by atoms with Crippen LogP contribution < -0.4 is 9.86 Å². The summed E-state index contributed by atoms with van der Waals surface area (Å²) in [5, 5.41) is 5.45. The summed E-state index contributed by atoms with van der Waals surface area (Å²) < 4.78 is 49.5. The van der Waals surface area contributed by atoms with Crippen LogP contribution in [0.15, 0.2) is 71.6 Å². The normalized spacial score (nSPS) is 12.2. The van der Waals surface area contributed by atoms with Crippen molar-refractivity contribution in [2.75, 3.05) is 11.0 Å². The van der Waals surface area contributed by atoms with Gasteiger partial charge in [0.2, 0.25) is 20.0 Å². The summed E-state index contributed by atoms with van der Waals surface area (Å²) in [7, 11) is -7.40. The van der Waals surface area contributed by atoms with Crippen LogP contribution in [-0.4, -0.2) is 33.1 Å². The molecule has 0 amide bonds. The SMILES string of the molecule is CS(=O)(=O)Nc1ccc(-c2nc3c(S(N)(=O)=O)cc(-c4ccccc4)cc3[nH]2)cc1. The van der Waals surface area contributed by atoms with Gasteiger partial charge in [0.05, 0.1) is 11.8 Å². The Morgan fingerprint density at radius 3 is 2.13 bits per heavy atom. The molecule has 8 nitrogen and oxygen atoms in total. The third kappa shape index (κ3) is 4.20. The Kier molecular flexibility index (Phi) is 4.85. The number of imidazole rings is 1. The average molecular weight is 443 g/mol. The van der Waals surface area contributed by atoms with E-state index in [4.69, 9.17) is 5.14 Å². The molecule has 30 heavy (non-hydrogen) atoms. The van der Waals surface area contributed by atoms with Crippen LogP contribution in [0.1, 0.15) is 0 Å². The minimum Gasteiger partial charge on any atom is -0.338 e. The Morgan fingerprint density at radius 1 is 0.867 bits per heavy atom. The molecule has 0 bridgehead atoms. The van der Waals surface area contributed by atoms with Crippen LogP contribution in [0.5, 0.6) is 0 Å². The number of rotatable bonds is 5. The van der Waals surface area contributed by atoms with Crippen molar-refractivity contribution in [1.29, 1.82) is 0 Å². The molecule has 4 aromatic rings. The molecule has 4 rings (SSSR count). The van der Waals surface area contributed by atoms with Gasteiger partial charge in [0.15, 0.2) is 0 Å². The van der Waals surface area contributed by atoms with Crippen LogP contribution in [0.25, 0.3) is 33.5 Å². The molecule has 10 heteroatoms. The number of hydrogen-bond donors (Lipinski definition) is 3. The number of sulfonamides is 2. The van der Waals surface area contributed by atoms with Gasteiger partial charge in [-0.15, -0.1) is 0 Å². The second-order valence-corrected chi connectivity index (χ2v) is 10.1. The quantitative estimate of drug-likeness (QED) is 0.437. The van der Waals surface area contributed by atoms with Crippen molar-refractivity contribution in [3.63, 3.8) is 0 Å². The Balaban J connectivity index is 1.84. The maximum atomic E-state index is 12.2. The average Bonchev–Trinajstić information content (AvgIpc) is 3.10. The van der Waals surface area contributed by atoms with E-state index >= 15 is 0 Å². The third-order valence-electron chi connectivity index (χ3n) is 4.43. The Labute approximate surface area is 173 Å². The van der Waals surface area contributed by atoms with Gasteiger partial charge < -0.3 is 4.98 Å². The van der Waals surface area contributed by atoms with Gasteiger partial charge in [-0.2, -0.15) is 0 Å². The van der Waals surface area contributed by atoms with E-state index in [-0.39, 0.29) is 10.4 Å². The molecule has 0 aliphatic carbocycles. The summed E-state index contributed by atoms with van der Waals surface area (Å²) in [6, 6.07) is 19.2. The molecule has 1 aromatic heterocycles. The first kappa shape index (κ1) is 20.1. The highest BCUT2D eigenvalue weighted by atomic mass is 32.2. The van der Waals surface area contributed by atoms with Crippen molar-refractivity contribution in [3.05, 3.63) is 66.7 Å². The monoisotopic (exact) mass is 442 g/mol. The van der Waals surface area contributed by atoms with E-state index in [9.17, 15) is 16.8 Å². The van der Waals surface area contributed by atoms with Crippen molar-refractivity contribution in [2.45, 2.75) is 4.90 Å². The third-order valence-corrected chi connectivity index (χ3v) is 5.96. The zero-order valence-corrected chi connectivity index (χ0v) is 17.5. The summed E-state index contributed by atoms with van der Waals surface area (Å²) in [5.74, 6) is 0.436. The summed E-state index contributed by atoms with van der Waals surface area (Å²) in [5.41, 5.74) is 3.37. The molecule has 154 valence electrons. The summed E-state index contributed by atoms with van der Waals surface area (Å²) in [4.78, 5) is 7.50. The lowest BCUT2D eigenvalue weighted by molar-refractivity contribution is 0.598. The van der Waals surface area contributed by atoms with Crippen LogP contribution in [0.4, 0.5) is 5.69 Å². The van der Waals surface area contributed by atoms with Gasteiger partial charge in [-0.25, -0.2) is 27.0 Å². The second kappa shape index (κ2) is 7.24. The van der Waals surface area contributed by atoms with Crippen LogP contribution in [0.3, 0.4) is 0 Å². The van der Waals surface area contributed by atoms with Crippen molar-refractivity contribution >= 4 is 36.8 Å². The summed E-state index contributed by atoms with van der Waals surface area (Å²) >= 11 is 0. The topological polar surface area (TPSA) is 135 Å². The van der Waals surface area contributed by atoms with E-state index < -0.39 is 20.0 Å². The minimum atomic E-state index is -4.02. The van der Waals surface area contributed by atoms with Gasteiger partial charge in [-0.05, 0) is 47.5 Å². The number of nitrogens with zero attached hydrogens (tertiary/aromatic N) is 1. The van der Waals surface area contributed by atoms with Crippen LogP contribution in [0.2, 0.25) is 0 Å². The fourth-order valence-electron chi connectivity index (χ4n) is 3.15. The molecule has 0 radical (unpaired) electrons. The van der Waals surface area contributed by atoms with Gasteiger partial charge in [-0.1, -0.05) is 30.3 Å². The van der Waals surface area contributed by atoms with Gasteiger partial charge in [-0.3, -0.25) is 4.72 Å². The predicted molar refractivity (Wildman–Crippen MR) is 117 cm³/mol. The lowest BCUT2D eigenvalue weighted by Gasteiger charge is -2.05. The van der Waals surface area contributed by atoms with Crippen LogP contribution >= 0.6 is 0 Å². The number of benzene rings is 3. The number of hydrogen-bond acceptors (Lipinski definition) is 5. The van der Waals surface area contributed by atoms with Crippen molar-refractivity contribution < 1.29 is 16.8 Å². The van der Waals surface area contributed by atoms with E-state index in [0.29, 0.717) is 28.2 Å². The Bertz CT molecular complexity index is 1440. The number of primary sulfonamides is 1. The Hall–Kier alpha value is -3.21. The predicted octanol–water partition coefficient (Wildman–Crippen LogP) is 2.92. The largest absolute Gasteiger partial charge is 0.338 e. The second-order valence-electron chi connectivity index (χ2n) is 6.82. The molecule has 0 fully saturated rings. The Morgan fingerprint density at radius 2 is 1.53 bits per heavy atom. The van der Waals surface area contributed by atoms with Crippen molar-refractivity contribution in [2.24, 2.45) is 5.14 Å². The van der Waals surface area contributed by atoms with Gasteiger partial charge in [0.25, 0.3) is 0 Å². The molecule has 0 aliphatic rings. The van der Waals surface area contributed by atoms with Crippen molar-refractivity contribution in [1.82, 2.24) is 9.97 Å².